The number of nitrogens with one attached hydrogen (secondary N) is 1. The summed E-state index contributed by atoms with van der Waals surface area (Å²) in [5, 5.41) is 20.3. The highest BCUT2D eigenvalue weighted by molar-refractivity contribution is 4.91. The molecule has 1 aromatic heterocycles. The number of aliphatic hydroxyl groups excluding tert-OH is 1. The van der Waals surface area contributed by atoms with Crippen LogP contribution in [0, 0.1) is 12.8 Å². The van der Waals surface area contributed by atoms with Gasteiger partial charge in [-0.3, -0.25) is 0 Å². The van der Waals surface area contributed by atoms with Gasteiger partial charge in [-0.25, -0.2) is 0 Å². The first-order chi connectivity index (χ1) is 7.69. The molecule has 1 unspecified atom stereocenters. The van der Waals surface area contributed by atoms with E-state index in [1.165, 1.54) is 0 Å². The molecule has 1 rings (SSSR count). The van der Waals surface area contributed by atoms with Gasteiger partial charge in [0.2, 0.25) is 0 Å². The van der Waals surface area contributed by atoms with Gasteiger partial charge in [-0.2, -0.15) is 0 Å². The molecular formula is C11H22N4O. The molecule has 0 amide bonds. The van der Waals surface area contributed by atoms with Crippen LogP contribution in [0.3, 0.4) is 0 Å². The topological polar surface area (TPSA) is 63.0 Å². The number of nitrogens with zero attached hydrogens (tertiary/aromatic N) is 3. The van der Waals surface area contributed by atoms with E-state index in [-0.39, 0.29) is 6.61 Å². The lowest BCUT2D eigenvalue weighted by Gasteiger charge is -2.13. The molecule has 1 heterocycles. The molecule has 0 bridgehead atoms. The Morgan fingerprint density at radius 2 is 2.19 bits per heavy atom. The molecule has 2 N–H and O–H groups in total. The van der Waals surface area contributed by atoms with Crippen molar-refractivity contribution in [1.82, 2.24) is 20.1 Å². The summed E-state index contributed by atoms with van der Waals surface area (Å²) >= 11 is 0. The van der Waals surface area contributed by atoms with Crippen molar-refractivity contribution in [2.24, 2.45) is 13.0 Å². The highest BCUT2D eigenvalue weighted by Gasteiger charge is 2.07. The van der Waals surface area contributed by atoms with E-state index in [9.17, 15) is 0 Å². The second-order valence-electron chi connectivity index (χ2n) is 4.14. The van der Waals surface area contributed by atoms with Crippen molar-refractivity contribution < 1.29 is 5.11 Å². The lowest BCUT2D eigenvalue weighted by atomic mass is 10.0. The average molecular weight is 226 g/mol. The highest BCUT2D eigenvalue weighted by atomic mass is 16.3. The van der Waals surface area contributed by atoms with E-state index in [2.05, 4.69) is 22.4 Å². The van der Waals surface area contributed by atoms with Crippen molar-refractivity contribution in [3.8, 4) is 0 Å². The third kappa shape index (κ3) is 3.57. The first-order valence-electron chi connectivity index (χ1n) is 5.85. The fraction of sp³-hybridized carbons (Fsp3) is 0.818. The minimum atomic E-state index is 0.267. The van der Waals surface area contributed by atoms with Crippen molar-refractivity contribution in [2.45, 2.75) is 33.2 Å². The Morgan fingerprint density at radius 3 is 2.69 bits per heavy atom. The Morgan fingerprint density at radius 1 is 1.44 bits per heavy atom. The van der Waals surface area contributed by atoms with Crippen LogP contribution in [0.15, 0.2) is 0 Å². The van der Waals surface area contributed by atoms with Crippen LogP contribution in [0.2, 0.25) is 0 Å². The Bertz CT molecular complexity index is 311. The normalized spacial score (nSPS) is 13.0. The predicted molar refractivity (Wildman–Crippen MR) is 62.9 cm³/mol. The smallest absolute Gasteiger partial charge is 0.146 e. The molecule has 0 saturated heterocycles. The lowest BCUT2D eigenvalue weighted by molar-refractivity contribution is 0.251. The molecule has 92 valence electrons. The molecule has 0 aliphatic heterocycles. The quantitative estimate of drug-likeness (QED) is 0.715. The summed E-state index contributed by atoms with van der Waals surface area (Å²) in [4.78, 5) is 0. The number of rotatable bonds is 7. The number of hydrogen-bond donors (Lipinski definition) is 2. The Hall–Kier alpha value is -0.940. The van der Waals surface area contributed by atoms with Crippen LogP contribution in [0.4, 0.5) is 0 Å². The van der Waals surface area contributed by atoms with Crippen LogP contribution in [-0.4, -0.2) is 33.0 Å². The number of hydrogen-bond acceptors (Lipinski definition) is 4. The number of aliphatic hydroxyl groups is 1. The number of aromatic nitrogens is 3. The van der Waals surface area contributed by atoms with Crippen molar-refractivity contribution in [3.63, 3.8) is 0 Å². The maximum Gasteiger partial charge on any atom is 0.146 e. The zero-order chi connectivity index (χ0) is 12.0. The molecular weight excluding hydrogens is 204 g/mol. The molecule has 1 atom stereocenters. The summed E-state index contributed by atoms with van der Waals surface area (Å²) in [6, 6.07) is 0. The first-order valence-corrected chi connectivity index (χ1v) is 5.85. The van der Waals surface area contributed by atoms with E-state index in [1.54, 1.807) is 0 Å². The minimum absolute atomic E-state index is 0.267. The second kappa shape index (κ2) is 6.60. The molecule has 0 saturated carbocycles. The third-order valence-corrected chi connectivity index (χ3v) is 3.01. The predicted octanol–water partition coefficient (Wildman–Crippen LogP) is 0.622. The molecule has 0 aliphatic carbocycles. The lowest BCUT2D eigenvalue weighted by Crippen LogP contribution is -2.24. The first kappa shape index (κ1) is 13.1. The van der Waals surface area contributed by atoms with Crippen LogP contribution in [0.5, 0.6) is 0 Å². The maximum atomic E-state index is 8.88. The van der Waals surface area contributed by atoms with Crippen LogP contribution >= 0.6 is 0 Å². The molecule has 1 aromatic rings. The monoisotopic (exact) mass is 226 g/mol. The Kier molecular flexibility index (Phi) is 5.42. The van der Waals surface area contributed by atoms with Crippen LogP contribution < -0.4 is 5.32 Å². The molecule has 0 aliphatic rings. The van der Waals surface area contributed by atoms with Gasteiger partial charge in [-0.1, -0.05) is 13.3 Å². The van der Waals surface area contributed by atoms with E-state index in [0.29, 0.717) is 5.92 Å². The summed E-state index contributed by atoms with van der Waals surface area (Å²) in [5.74, 6) is 2.43. The molecule has 0 aromatic carbocycles. The largest absolute Gasteiger partial charge is 0.396 e. The van der Waals surface area contributed by atoms with E-state index in [1.807, 2.05) is 18.5 Å². The van der Waals surface area contributed by atoms with Gasteiger partial charge in [-0.15, -0.1) is 10.2 Å². The zero-order valence-electron chi connectivity index (χ0n) is 10.4. The van der Waals surface area contributed by atoms with Crippen molar-refractivity contribution in [2.75, 3.05) is 13.2 Å². The minimum Gasteiger partial charge on any atom is -0.396 e. The van der Waals surface area contributed by atoms with Gasteiger partial charge in [0.15, 0.2) is 0 Å². The number of aryl methyl sites for hydroxylation is 1. The van der Waals surface area contributed by atoms with Crippen LogP contribution in [-0.2, 0) is 13.6 Å². The van der Waals surface area contributed by atoms with Gasteiger partial charge >= 0.3 is 0 Å². The van der Waals surface area contributed by atoms with Crippen molar-refractivity contribution in [3.05, 3.63) is 11.6 Å². The highest BCUT2D eigenvalue weighted by Crippen LogP contribution is 2.06. The second-order valence-corrected chi connectivity index (χ2v) is 4.14. The van der Waals surface area contributed by atoms with Crippen LogP contribution in [0.1, 0.15) is 31.4 Å². The fourth-order valence-corrected chi connectivity index (χ4v) is 1.63. The fourth-order valence-electron chi connectivity index (χ4n) is 1.63. The molecule has 16 heavy (non-hydrogen) atoms. The summed E-state index contributed by atoms with van der Waals surface area (Å²) in [6.07, 6.45) is 1.95. The molecule has 0 spiro atoms. The van der Waals surface area contributed by atoms with Crippen molar-refractivity contribution in [1.29, 1.82) is 0 Å². The van der Waals surface area contributed by atoms with Gasteiger partial charge in [0, 0.05) is 13.7 Å². The SMILES string of the molecule is CCC(CCO)CNCc1nnc(C)n1C. The molecule has 5 nitrogen and oxygen atoms in total. The van der Waals surface area contributed by atoms with E-state index in [0.717, 1.165) is 37.6 Å². The van der Waals surface area contributed by atoms with Gasteiger partial charge in [0.1, 0.15) is 11.6 Å². The Balaban J connectivity index is 2.32. The maximum absolute atomic E-state index is 8.88. The van der Waals surface area contributed by atoms with E-state index in [4.69, 9.17) is 5.11 Å². The van der Waals surface area contributed by atoms with E-state index < -0.39 is 0 Å². The van der Waals surface area contributed by atoms with Crippen molar-refractivity contribution >= 4 is 0 Å². The van der Waals surface area contributed by atoms with Crippen LogP contribution in [0.25, 0.3) is 0 Å². The third-order valence-electron chi connectivity index (χ3n) is 3.01. The summed E-state index contributed by atoms with van der Waals surface area (Å²) < 4.78 is 1.99. The van der Waals surface area contributed by atoms with E-state index >= 15 is 0 Å². The summed E-state index contributed by atoms with van der Waals surface area (Å²) in [6.45, 7) is 6.01. The average Bonchev–Trinajstić information content (AvgIpc) is 2.59. The van der Waals surface area contributed by atoms with Gasteiger partial charge < -0.3 is 15.0 Å². The standard InChI is InChI=1S/C11H22N4O/c1-4-10(5-6-16)7-12-8-11-14-13-9(2)15(11)3/h10,12,16H,4-8H2,1-3H3. The molecule has 0 radical (unpaired) electrons. The summed E-state index contributed by atoms with van der Waals surface area (Å²) in [7, 11) is 1.97. The molecule has 5 heteroatoms. The summed E-state index contributed by atoms with van der Waals surface area (Å²) in [5.41, 5.74) is 0. The van der Waals surface area contributed by atoms with Gasteiger partial charge in [0.25, 0.3) is 0 Å². The Labute approximate surface area is 96.9 Å². The van der Waals surface area contributed by atoms with Gasteiger partial charge in [-0.05, 0) is 25.8 Å². The van der Waals surface area contributed by atoms with Gasteiger partial charge in [0.05, 0.1) is 6.54 Å². The molecule has 0 fully saturated rings. The zero-order valence-corrected chi connectivity index (χ0v) is 10.4.